The lowest BCUT2D eigenvalue weighted by Gasteiger charge is -2.26. The molecule has 2 aromatic carbocycles. The highest BCUT2D eigenvalue weighted by Gasteiger charge is 2.14. The Morgan fingerprint density at radius 2 is 1.88 bits per heavy atom. The first-order valence-corrected chi connectivity index (χ1v) is 9.69. The molecule has 1 heterocycles. The molecule has 1 amide bonds. The van der Waals surface area contributed by atoms with Gasteiger partial charge in [-0.1, -0.05) is 41.4 Å². The van der Waals surface area contributed by atoms with Crippen LogP contribution >= 0.6 is 35.0 Å². The second kappa shape index (κ2) is 8.26. The summed E-state index contributed by atoms with van der Waals surface area (Å²) in [6.45, 7) is 3.13. The van der Waals surface area contributed by atoms with Crippen molar-refractivity contribution >= 4 is 46.6 Å². The predicted octanol–water partition coefficient (Wildman–Crippen LogP) is 4.79. The number of anilines is 1. The second-order valence-corrected chi connectivity index (χ2v) is 7.65. The van der Waals surface area contributed by atoms with Gasteiger partial charge in [0.2, 0.25) is 0 Å². The van der Waals surface area contributed by atoms with Gasteiger partial charge < -0.3 is 5.32 Å². The first-order chi connectivity index (χ1) is 11.6. The largest absolute Gasteiger partial charge is 0.322 e. The number of carbonyl (C=O) groups is 1. The van der Waals surface area contributed by atoms with E-state index < -0.39 is 0 Å². The molecule has 6 heteroatoms. The van der Waals surface area contributed by atoms with E-state index in [1.54, 1.807) is 18.2 Å². The number of thioether (sulfide) groups is 1. The van der Waals surface area contributed by atoms with Crippen LogP contribution in [0.2, 0.25) is 10.0 Å². The number of amides is 1. The molecule has 0 saturated carbocycles. The van der Waals surface area contributed by atoms with Gasteiger partial charge in [-0.2, -0.15) is 11.8 Å². The van der Waals surface area contributed by atoms with Crippen LogP contribution in [0.25, 0.3) is 0 Å². The molecule has 126 valence electrons. The Balaban J connectivity index is 1.69. The predicted molar refractivity (Wildman–Crippen MR) is 103 cm³/mol. The van der Waals surface area contributed by atoms with Crippen molar-refractivity contribution in [2.75, 3.05) is 29.9 Å². The van der Waals surface area contributed by atoms with E-state index in [0.717, 1.165) is 25.3 Å². The molecule has 0 unspecified atom stereocenters. The molecule has 1 fully saturated rings. The van der Waals surface area contributed by atoms with Gasteiger partial charge in [-0.25, -0.2) is 0 Å². The normalized spacial score (nSPS) is 15.2. The summed E-state index contributed by atoms with van der Waals surface area (Å²) in [4.78, 5) is 14.9. The van der Waals surface area contributed by atoms with Crippen molar-refractivity contribution in [3.8, 4) is 0 Å². The summed E-state index contributed by atoms with van der Waals surface area (Å²) < 4.78 is 0. The number of carbonyl (C=O) groups excluding carboxylic acids is 1. The van der Waals surface area contributed by atoms with E-state index in [1.807, 2.05) is 30.0 Å². The van der Waals surface area contributed by atoms with E-state index in [4.69, 9.17) is 23.2 Å². The summed E-state index contributed by atoms with van der Waals surface area (Å²) in [7, 11) is 0. The van der Waals surface area contributed by atoms with E-state index in [9.17, 15) is 4.79 Å². The van der Waals surface area contributed by atoms with Gasteiger partial charge in [0.25, 0.3) is 5.91 Å². The highest BCUT2D eigenvalue weighted by atomic mass is 35.5. The van der Waals surface area contributed by atoms with Crippen molar-refractivity contribution in [1.82, 2.24) is 4.90 Å². The molecule has 1 aliphatic rings. The van der Waals surface area contributed by atoms with Gasteiger partial charge in [0.15, 0.2) is 0 Å². The van der Waals surface area contributed by atoms with Gasteiger partial charge in [0.1, 0.15) is 0 Å². The number of halogens is 2. The molecule has 1 N–H and O–H groups in total. The van der Waals surface area contributed by atoms with Crippen LogP contribution in [0.5, 0.6) is 0 Å². The van der Waals surface area contributed by atoms with E-state index >= 15 is 0 Å². The second-order valence-electron chi connectivity index (χ2n) is 5.64. The third-order valence-corrected chi connectivity index (χ3v) is 5.65. The summed E-state index contributed by atoms with van der Waals surface area (Å²) in [6.07, 6.45) is 0. The maximum atomic E-state index is 12.4. The average Bonchev–Trinajstić information content (AvgIpc) is 2.58. The maximum absolute atomic E-state index is 12.4. The molecule has 0 bridgehead atoms. The van der Waals surface area contributed by atoms with Crippen LogP contribution in [-0.2, 0) is 6.54 Å². The molecule has 0 spiro atoms. The Kier molecular flexibility index (Phi) is 6.06. The standard InChI is InChI=1S/C18H18Cl2N2OS/c19-16-6-2-5-15(17(16)20)18(23)21-14-4-1-3-13(11-14)12-22-7-9-24-10-8-22/h1-6,11H,7-10,12H2,(H,21,23). The van der Waals surface area contributed by atoms with Crippen molar-refractivity contribution in [3.63, 3.8) is 0 Å². The highest BCUT2D eigenvalue weighted by Crippen LogP contribution is 2.26. The fourth-order valence-corrected chi connectivity index (χ4v) is 4.01. The lowest BCUT2D eigenvalue weighted by Crippen LogP contribution is -2.31. The molecule has 3 rings (SSSR count). The van der Waals surface area contributed by atoms with E-state index in [2.05, 4.69) is 16.3 Å². The van der Waals surface area contributed by atoms with E-state index in [-0.39, 0.29) is 10.9 Å². The lowest BCUT2D eigenvalue weighted by atomic mass is 10.1. The van der Waals surface area contributed by atoms with Gasteiger partial charge in [-0.05, 0) is 29.8 Å². The zero-order chi connectivity index (χ0) is 16.9. The quantitative estimate of drug-likeness (QED) is 0.826. The fourth-order valence-electron chi connectivity index (χ4n) is 2.64. The lowest BCUT2D eigenvalue weighted by molar-refractivity contribution is 0.102. The van der Waals surface area contributed by atoms with Crippen LogP contribution in [0.4, 0.5) is 5.69 Å². The third kappa shape index (κ3) is 4.45. The molecular formula is C18H18Cl2N2OS. The van der Waals surface area contributed by atoms with Crippen LogP contribution in [0.1, 0.15) is 15.9 Å². The Hall–Kier alpha value is -1.20. The zero-order valence-corrected chi connectivity index (χ0v) is 15.4. The molecule has 0 aliphatic carbocycles. The summed E-state index contributed by atoms with van der Waals surface area (Å²) >= 11 is 14.1. The SMILES string of the molecule is O=C(Nc1cccc(CN2CCSCC2)c1)c1cccc(Cl)c1Cl. The van der Waals surface area contributed by atoms with Crippen molar-refractivity contribution in [2.24, 2.45) is 0 Å². The molecule has 1 saturated heterocycles. The fraction of sp³-hybridized carbons (Fsp3) is 0.278. The first-order valence-electron chi connectivity index (χ1n) is 7.78. The van der Waals surface area contributed by atoms with Gasteiger partial charge in [-0.3, -0.25) is 9.69 Å². The van der Waals surface area contributed by atoms with Crippen LogP contribution in [-0.4, -0.2) is 35.4 Å². The summed E-state index contributed by atoms with van der Waals surface area (Å²) in [5.74, 6) is 2.11. The Morgan fingerprint density at radius 1 is 1.12 bits per heavy atom. The number of nitrogens with zero attached hydrogens (tertiary/aromatic N) is 1. The summed E-state index contributed by atoms with van der Waals surface area (Å²) in [6, 6.07) is 13.0. The van der Waals surface area contributed by atoms with Crippen molar-refractivity contribution in [2.45, 2.75) is 6.54 Å². The molecule has 0 atom stereocenters. The number of hydrogen-bond donors (Lipinski definition) is 1. The maximum Gasteiger partial charge on any atom is 0.257 e. The molecule has 2 aromatic rings. The van der Waals surface area contributed by atoms with Crippen molar-refractivity contribution < 1.29 is 4.79 Å². The van der Waals surface area contributed by atoms with Crippen LogP contribution in [0.15, 0.2) is 42.5 Å². The van der Waals surface area contributed by atoms with Crippen molar-refractivity contribution in [1.29, 1.82) is 0 Å². The molecule has 0 radical (unpaired) electrons. The number of rotatable bonds is 4. The minimum absolute atomic E-state index is 0.256. The van der Waals surface area contributed by atoms with Crippen LogP contribution < -0.4 is 5.32 Å². The van der Waals surface area contributed by atoms with E-state index in [0.29, 0.717) is 10.6 Å². The molecule has 3 nitrogen and oxygen atoms in total. The molecule has 0 aromatic heterocycles. The third-order valence-electron chi connectivity index (χ3n) is 3.89. The van der Waals surface area contributed by atoms with Crippen molar-refractivity contribution in [3.05, 3.63) is 63.6 Å². The Labute approximate surface area is 156 Å². The number of benzene rings is 2. The average molecular weight is 381 g/mol. The monoisotopic (exact) mass is 380 g/mol. The van der Waals surface area contributed by atoms with Gasteiger partial charge in [-0.15, -0.1) is 0 Å². The minimum Gasteiger partial charge on any atom is -0.322 e. The molecule has 1 aliphatic heterocycles. The number of hydrogen-bond acceptors (Lipinski definition) is 3. The Morgan fingerprint density at radius 3 is 2.67 bits per heavy atom. The van der Waals surface area contributed by atoms with Gasteiger partial charge >= 0.3 is 0 Å². The summed E-state index contributed by atoms with van der Waals surface area (Å²) in [5, 5.41) is 3.55. The molecule has 24 heavy (non-hydrogen) atoms. The van der Waals surface area contributed by atoms with Crippen LogP contribution in [0.3, 0.4) is 0 Å². The summed E-state index contributed by atoms with van der Waals surface area (Å²) in [5.41, 5.74) is 2.33. The zero-order valence-electron chi connectivity index (χ0n) is 13.1. The number of nitrogens with one attached hydrogen (secondary N) is 1. The van der Waals surface area contributed by atoms with Gasteiger partial charge in [0, 0.05) is 36.8 Å². The smallest absolute Gasteiger partial charge is 0.257 e. The first kappa shape index (κ1) is 17.6. The molecular weight excluding hydrogens is 363 g/mol. The highest BCUT2D eigenvalue weighted by molar-refractivity contribution is 7.99. The van der Waals surface area contributed by atoms with Crippen LogP contribution in [0, 0.1) is 0 Å². The van der Waals surface area contributed by atoms with Gasteiger partial charge in [0.05, 0.1) is 15.6 Å². The minimum atomic E-state index is -0.256. The van der Waals surface area contributed by atoms with E-state index in [1.165, 1.54) is 17.1 Å². The topological polar surface area (TPSA) is 32.3 Å². The Bertz CT molecular complexity index is 733.